The third-order valence-electron chi connectivity index (χ3n) is 6.72. The van der Waals surface area contributed by atoms with Crippen LogP contribution in [0.3, 0.4) is 0 Å². The number of carbonyl (C=O) groups excluding carboxylic acids is 2. The molecule has 3 aromatic carbocycles. The molecule has 1 unspecified atom stereocenters. The van der Waals surface area contributed by atoms with E-state index in [0.29, 0.717) is 26.9 Å². The summed E-state index contributed by atoms with van der Waals surface area (Å²) in [7, 11) is 1.68. The monoisotopic (exact) mass is 554 g/mol. The van der Waals surface area contributed by atoms with Gasteiger partial charge >= 0.3 is 0 Å². The predicted molar refractivity (Wildman–Crippen MR) is 155 cm³/mol. The summed E-state index contributed by atoms with van der Waals surface area (Å²) < 4.78 is 5.54. The van der Waals surface area contributed by atoms with E-state index in [0.717, 1.165) is 49.7 Å². The molecule has 3 aromatic rings. The van der Waals surface area contributed by atoms with Crippen LogP contribution in [0.15, 0.2) is 60.7 Å². The molecular weight excluding hydrogens is 523 g/mol. The van der Waals surface area contributed by atoms with Gasteiger partial charge in [0.2, 0.25) is 0 Å². The van der Waals surface area contributed by atoms with Gasteiger partial charge in [-0.05, 0) is 61.9 Å². The largest absolute Gasteiger partial charge is 0.495 e. The number of methoxy groups -OCH3 is 1. The van der Waals surface area contributed by atoms with Gasteiger partial charge in [-0.25, -0.2) is 0 Å². The number of ether oxygens (including phenoxy) is 1. The van der Waals surface area contributed by atoms with E-state index >= 15 is 0 Å². The molecule has 7 nitrogen and oxygen atoms in total. The lowest BCUT2D eigenvalue weighted by Crippen LogP contribution is -2.47. The average Bonchev–Trinajstić information content (AvgIpc) is 2.94. The summed E-state index contributed by atoms with van der Waals surface area (Å²) in [5.74, 6) is 0.332. The maximum atomic E-state index is 13.3. The van der Waals surface area contributed by atoms with Crippen molar-refractivity contribution >= 4 is 52.1 Å². The Balaban J connectivity index is 1.56. The highest BCUT2D eigenvalue weighted by Crippen LogP contribution is 2.31. The molecule has 1 atom stereocenters. The average molecular weight is 556 g/mol. The summed E-state index contributed by atoms with van der Waals surface area (Å²) in [6, 6.07) is 18.2. The Morgan fingerprint density at radius 3 is 2.24 bits per heavy atom. The van der Waals surface area contributed by atoms with Crippen LogP contribution in [0.25, 0.3) is 0 Å². The molecule has 200 valence electrons. The van der Waals surface area contributed by atoms with Crippen molar-refractivity contribution in [2.45, 2.75) is 26.3 Å². The summed E-state index contributed by atoms with van der Waals surface area (Å²) >= 11 is 12.1. The van der Waals surface area contributed by atoms with E-state index < -0.39 is 0 Å². The second kappa shape index (κ2) is 12.4. The van der Waals surface area contributed by atoms with E-state index in [2.05, 4.69) is 26.5 Å². The molecule has 1 fully saturated rings. The SMILES string of the molecule is CCC(C)NC(=O)c1cc(NC(=O)c2ccc(Cl)c(Cl)c2)ccc1N1CCN(c2ccccc2OC)CC1. The molecule has 0 spiro atoms. The molecule has 4 rings (SSSR count). The van der Waals surface area contributed by atoms with Crippen molar-refractivity contribution in [2.75, 3.05) is 48.4 Å². The summed E-state index contributed by atoms with van der Waals surface area (Å²) in [6.07, 6.45) is 0.812. The molecule has 1 saturated heterocycles. The quantitative estimate of drug-likeness (QED) is 0.351. The number of para-hydroxylation sites is 2. The molecule has 38 heavy (non-hydrogen) atoms. The van der Waals surface area contributed by atoms with Crippen LogP contribution in [-0.2, 0) is 0 Å². The first kappa shape index (κ1) is 27.6. The zero-order valence-corrected chi connectivity index (χ0v) is 23.3. The minimum atomic E-state index is -0.338. The van der Waals surface area contributed by atoms with Gasteiger partial charge in [0.1, 0.15) is 5.75 Å². The molecule has 0 saturated carbocycles. The highest BCUT2D eigenvalue weighted by Gasteiger charge is 2.24. The fourth-order valence-corrected chi connectivity index (χ4v) is 4.69. The van der Waals surface area contributed by atoms with Crippen molar-refractivity contribution in [1.82, 2.24) is 5.32 Å². The number of amides is 2. The normalized spacial score (nSPS) is 14.1. The Labute approximate surface area is 233 Å². The minimum absolute atomic E-state index is 0.0206. The van der Waals surface area contributed by atoms with Gasteiger partial charge in [-0.15, -0.1) is 0 Å². The first-order valence-corrected chi connectivity index (χ1v) is 13.4. The first-order valence-electron chi connectivity index (χ1n) is 12.6. The first-order chi connectivity index (χ1) is 18.3. The van der Waals surface area contributed by atoms with E-state index in [9.17, 15) is 9.59 Å². The minimum Gasteiger partial charge on any atom is -0.495 e. The summed E-state index contributed by atoms with van der Waals surface area (Å²) in [5.41, 5.74) is 3.30. The molecule has 1 heterocycles. The maximum Gasteiger partial charge on any atom is 0.255 e. The van der Waals surface area contributed by atoms with Crippen LogP contribution in [0.5, 0.6) is 5.75 Å². The second-order valence-corrected chi connectivity index (χ2v) is 10.1. The third kappa shape index (κ3) is 6.34. The van der Waals surface area contributed by atoms with Gasteiger partial charge in [-0.2, -0.15) is 0 Å². The standard InChI is InChI=1S/C29H32Cl2N4O3/c1-4-19(2)32-29(37)22-18-21(33-28(36)20-9-11-23(30)24(31)17-20)10-12-25(22)34-13-15-35(16-14-34)26-7-5-6-8-27(26)38-3/h5-12,17-19H,4,13-16H2,1-3H3,(H,32,37)(H,33,36). The van der Waals surface area contributed by atoms with Gasteiger partial charge < -0.3 is 25.2 Å². The molecule has 2 N–H and O–H groups in total. The van der Waals surface area contributed by atoms with Crippen LogP contribution in [0.2, 0.25) is 10.0 Å². The van der Waals surface area contributed by atoms with Crippen LogP contribution in [0.1, 0.15) is 41.0 Å². The van der Waals surface area contributed by atoms with E-state index in [-0.39, 0.29) is 17.9 Å². The van der Waals surface area contributed by atoms with Gasteiger partial charge in [0.25, 0.3) is 11.8 Å². The molecular formula is C29H32Cl2N4O3. The Morgan fingerprint density at radius 2 is 1.58 bits per heavy atom. The Morgan fingerprint density at radius 1 is 0.895 bits per heavy atom. The van der Waals surface area contributed by atoms with Crippen LogP contribution >= 0.6 is 23.2 Å². The highest BCUT2D eigenvalue weighted by molar-refractivity contribution is 6.42. The zero-order chi connectivity index (χ0) is 27.2. The summed E-state index contributed by atoms with van der Waals surface area (Å²) in [6.45, 7) is 7.02. The van der Waals surface area contributed by atoms with Gasteiger partial charge in [-0.1, -0.05) is 42.3 Å². The van der Waals surface area contributed by atoms with Crippen LogP contribution in [0, 0.1) is 0 Å². The number of benzene rings is 3. The van der Waals surface area contributed by atoms with E-state index in [1.807, 2.05) is 44.2 Å². The Hall–Kier alpha value is -3.42. The van der Waals surface area contributed by atoms with Gasteiger partial charge in [-0.3, -0.25) is 9.59 Å². The number of rotatable bonds is 8. The molecule has 1 aliphatic heterocycles. The lowest BCUT2D eigenvalue weighted by Gasteiger charge is -2.38. The molecule has 0 bridgehead atoms. The molecule has 1 aliphatic rings. The number of hydrogen-bond donors (Lipinski definition) is 2. The van der Waals surface area contributed by atoms with Crippen LogP contribution < -0.4 is 25.2 Å². The smallest absolute Gasteiger partial charge is 0.255 e. The number of carbonyl (C=O) groups is 2. The predicted octanol–water partition coefficient (Wildman–Crippen LogP) is 6.11. The van der Waals surface area contributed by atoms with Crippen LogP contribution in [-0.4, -0.2) is 51.1 Å². The number of nitrogens with zero attached hydrogens (tertiary/aromatic N) is 2. The van der Waals surface area contributed by atoms with Crippen LogP contribution in [0.4, 0.5) is 17.1 Å². The van der Waals surface area contributed by atoms with E-state index in [4.69, 9.17) is 27.9 Å². The lowest BCUT2D eigenvalue weighted by atomic mass is 10.1. The fourth-order valence-electron chi connectivity index (χ4n) is 4.39. The third-order valence-corrected chi connectivity index (χ3v) is 7.46. The van der Waals surface area contributed by atoms with Crippen molar-refractivity contribution in [3.63, 3.8) is 0 Å². The van der Waals surface area contributed by atoms with Crippen molar-refractivity contribution in [3.05, 3.63) is 81.8 Å². The summed E-state index contributed by atoms with van der Waals surface area (Å²) in [5, 5.41) is 6.62. The van der Waals surface area contributed by atoms with Crippen molar-refractivity contribution in [2.24, 2.45) is 0 Å². The van der Waals surface area contributed by atoms with Crippen molar-refractivity contribution in [1.29, 1.82) is 0 Å². The highest BCUT2D eigenvalue weighted by atomic mass is 35.5. The van der Waals surface area contributed by atoms with Gasteiger partial charge in [0.15, 0.2) is 0 Å². The molecule has 0 radical (unpaired) electrons. The van der Waals surface area contributed by atoms with E-state index in [1.165, 1.54) is 6.07 Å². The summed E-state index contributed by atoms with van der Waals surface area (Å²) in [4.78, 5) is 30.7. The zero-order valence-electron chi connectivity index (χ0n) is 21.8. The van der Waals surface area contributed by atoms with Gasteiger partial charge in [0.05, 0.1) is 28.4 Å². The molecule has 0 aliphatic carbocycles. The van der Waals surface area contributed by atoms with Crippen molar-refractivity contribution in [3.8, 4) is 5.75 Å². The maximum absolute atomic E-state index is 13.3. The molecule has 2 amide bonds. The van der Waals surface area contributed by atoms with Gasteiger partial charge in [0, 0.05) is 49.2 Å². The fraction of sp³-hybridized carbons (Fsp3) is 0.310. The number of anilines is 3. The second-order valence-electron chi connectivity index (χ2n) is 9.24. The van der Waals surface area contributed by atoms with E-state index in [1.54, 1.807) is 25.3 Å². The number of hydrogen-bond acceptors (Lipinski definition) is 5. The molecule has 0 aromatic heterocycles. The van der Waals surface area contributed by atoms with Crippen molar-refractivity contribution < 1.29 is 14.3 Å². The topological polar surface area (TPSA) is 73.9 Å². The number of nitrogens with one attached hydrogen (secondary N) is 2. The Bertz CT molecular complexity index is 1310. The number of halogens is 2. The number of piperazine rings is 1. The Kier molecular flexibility index (Phi) is 9.02. The lowest BCUT2D eigenvalue weighted by molar-refractivity contribution is 0.0938. The molecule has 9 heteroatoms.